The molecule has 0 radical (unpaired) electrons. The molecule has 46 valence electrons. The maximum atomic E-state index is 7.64. The Bertz CT molecular complexity index is 39.4. The second kappa shape index (κ2) is 36.0. The van der Waals surface area contributed by atoms with Gasteiger partial charge in [0.15, 0.2) is 0 Å². The molecule has 0 amide bonds. The third-order valence-electron chi connectivity index (χ3n) is 0.0913. The van der Waals surface area contributed by atoms with E-state index in [1.165, 1.54) is 0 Å². The Kier molecular flexibility index (Phi) is 141. The van der Waals surface area contributed by atoms with Crippen molar-refractivity contribution in [3.05, 3.63) is 0 Å². The zero-order chi connectivity index (χ0) is 3.41. The molecule has 0 saturated carbocycles. The molecular formula is C4H10Cl2O. The zero-order valence-corrected chi connectivity index (χ0v) is 4.68. The van der Waals surface area contributed by atoms with E-state index in [2.05, 4.69) is 6.42 Å². The fraction of sp³-hybridized carbons (Fsp3) is 0.500. The molecule has 0 aliphatic carbocycles. The molecule has 0 unspecified atom stereocenters. The Morgan fingerprint density at radius 3 is 1.57 bits per heavy atom. The Hall–Kier alpha value is 0.100. The molecule has 0 aromatic carbocycles. The molecule has 1 N–H and O–H groups in total. The molecule has 0 fully saturated rings. The lowest BCUT2D eigenvalue weighted by atomic mass is 10.8. The minimum Gasteiger partial charge on any atom is -0.384 e. The van der Waals surface area contributed by atoms with Gasteiger partial charge >= 0.3 is 0 Å². The van der Waals surface area contributed by atoms with Gasteiger partial charge in [-0.15, -0.1) is 31.2 Å². The van der Waals surface area contributed by atoms with Gasteiger partial charge in [0.05, 0.1) is 0 Å². The van der Waals surface area contributed by atoms with Crippen LogP contribution in [0, 0.1) is 12.3 Å². The van der Waals surface area contributed by atoms with Crippen LogP contribution < -0.4 is 0 Å². The number of hydrogen-bond acceptors (Lipinski definition) is 1. The lowest BCUT2D eigenvalue weighted by molar-refractivity contribution is 0.351. The topological polar surface area (TPSA) is 20.2 Å². The van der Waals surface area contributed by atoms with Crippen molar-refractivity contribution in [1.82, 2.24) is 0 Å². The van der Waals surface area contributed by atoms with Gasteiger partial charge in [0, 0.05) is 0 Å². The van der Waals surface area contributed by atoms with Crippen LogP contribution in [0.4, 0.5) is 0 Å². The van der Waals surface area contributed by atoms with Crippen LogP contribution in [0.15, 0.2) is 0 Å². The smallest absolute Gasteiger partial charge is 0.103 e. The van der Waals surface area contributed by atoms with E-state index >= 15 is 0 Å². The van der Waals surface area contributed by atoms with Crippen LogP contribution in [0.1, 0.15) is 7.43 Å². The van der Waals surface area contributed by atoms with Crippen molar-refractivity contribution in [3.8, 4) is 12.3 Å². The summed E-state index contributed by atoms with van der Waals surface area (Å²) in [5.74, 6) is 1.99. The average molecular weight is 145 g/mol. The SMILES string of the molecule is C.C#CCO.Cl.Cl. The summed E-state index contributed by atoms with van der Waals surface area (Å²) in [6.07, 6.45) is 4.53. The molecule has 0 aromatic heterocycles. The molecule has 3 heteroatoms. The maximum absolute atomic E-state index is 7.64. The van der Waals surface area contributed by atoms with Crippen LogP contribution in [0.3, 0.4) is 0 Å². The highest BCUT2D eigenvalue weighted by atomic mass is 35.5. The number of rotatable bonds is 0. The van der Waals surface area contributed by atoms with E-state index in [4.69, 9.17) is 5.11 Å². The highest BCUT2D eigenvalue weighted by molar-refractivity contribution is 5.85. The van der Waals surface area contributed by atoms with E-state index < -0.39 is 0 Å². The van der Waals surface area contributed by atoms with Crippen molar-refractivity contribution in [1.29, 1.82) is 0 Å². The van der Waals surface area contributed by atoms with Crippen molar-refractivity contribution >= 4 is 24.8 Å². The fourth-order valence-electron chi connectivity index (χ4n) is 0. The molecule has 0 spiro atoms. The summed E-state index contributed by atoms with van der Waals surface area (Å²) in [4.78, 5) is 0. The number of hydrogen-bond donors (Lipinski definition) is 1. The Morgan fingerprint density at radius 2 is 1.57 bits per heavy atom. The van der Waals surface area contributed by atoms with Crippen molar-refractivity contribution in [2.75, 3.05) is 6.61 Å². The molecule has 0 aliphatic rings. The lowest BCUT2D eigenvalue weighted by Gasteiger charge is -1.55. The van der Waals surface area contributed by atoms with E-state index in [9.17, 15) is 0 Å². The summed E-state index contributed by atoms with van der Waals surface area (Å²) >= 11 is 0. The van der Waals surface area contributed by atoms with Gasteiger partial charge in [-0.25, -0.2) is 0 Å². The van der Waals surface area contributed by atoms with Gasteiger partial charge in [0.25, 0.3) is 0 Å². The lowest BCUT2D eigenvalue weighted by Crippen LogP contribution is -1.64. The Morgan fingerprint density at radius 1 is 1.43 bits per heavy atom. The summed E-state index contributed by atoms with van der Waals surface area (Å²) in [5, 5.41) is 7.64. The van der Waals surface area contributed by atoms with E-state index in [0.29, 0.717) is 0 Å². The Labute approximate surface area is 56.9 Å². The second-order valence-corrected chi connectivity index (χ2v) is 0.362. The van der Waals surface area contributed by atoms with Crippen LogP contribution in [-0.2, 0) is 0 Å². The normalized spacial score (nSPS) is 2.86. The van der Waals surface area contributed by atoms with Gasteiger partial charge in [-0.2, -0.15) is 0 Å². The largest absolute Gasteiger partial charge is 0.384 e. The highest BCUT2D eigenvalue weighted by Gasteiger charge is 1.43. The molecule has 0 bridgehead atoms. The molecule has 0 atom stereocenters. The predicted octanol–water partition coefficient (Wildman–Crippen LogP) is 1.09. The van der Waals surface area contributed by atoms with Gasteiger partial charge in [-0.3, -0.25) is 0 Å². The van der Waals surface area contributed by atoms with Crippen LogP contribution in [0.25, 0.3) is 0 Å². The van der Waals surface area contributed by atoms with Gasteiger partial charge in [-0.1, -0.05) is 13.3 Å². The van der Waals surface area contributed by atoms with Crippen LogP contribution in [-0.4, -0.2) is 11.7 Å². The third kappa shape index (κ3) is 84.7. The van der Waals surface area contributed by atoms with Gasteiger partial charge in [0.1, 0.15) is 6.61 Å². The highest BCUT2D eigenvalue weighted by Crippen LogP contribution is 1.34. The summed E-state index contributed by atoms with van der Waals surface area (Å²) < 4.78 is 0. The van der Waals surface area contributed by atoms with E-state index in [1.54, 1.807) is 0 Å². The summed E-state index contributed by atoms with van der Waals surface area (Å²) in [6.45, 7) is -0.153. The molecule has 0 aromatic rings. The van der Waals surface area contributed by atoms with E-state index in [1.807, 2.05) is 5.92 Å². The molecule has 7 heavy (non-hydrogen) atoms. The number of aliphatic hydroxyl groups excluding tert-OH is 1. The van der Waals surface area contributed by atoms with Crippen LogP contribution in [0.5, 0.6) is 0 Å². The van der Waals surface area contributed by atoms with E-state index in [-0.39, 0.29) is 38.8 Å². The zero-order valence-electron chi connectivity index (χ0n) is 3.05. The molecule has 0 rings (SSSR count). The first kappa shape index (κ1) is 27.5. The summed E-state index contributed by atoms with van der Waals surface area (Å²) in [7, 11) is 0. The average Bonchev–Trinajstić information content (AvgIpc) is 1.37. The first-order valence-corrected chi connectivity index (χ1v) is 0.958. The third-order valence-corrected chi connectivity index (χ3v) is 0.0913. The number of halogens is 2. The van der Waals surface area contributed by atoms with Crippen molar-refractivity contribution < 1.29 is 5.11 Å². The summed E-state index contributed by atoms with van der Waals surface area (Å²) in [5.41, 5.74) is 0. The van der Waals surface area contributed by atoms with Crippen LogP contribution in [0.2, 0.25) is 0 Å². The van der Waals surface area contributed by atoms with Crippen LogP contribution >= 0.6 is 24.8 Å². The first-order chi connectivity index (χ1) is 1.91. The monoisotopic (exact) mass is 144 g/mol. The summed E-state index contributed by atoms with van der Waals surface area (Å²) in [6, 6.07) is 0. The van der Waals surface area contributed by atoms with Crippen molar-refractivity contribution in [3.63, 3.8) is 0 Å². The number of aliphatic hydroxyl groups is 1. The minimum atomic E-state index is -0.153. The standard InChI is InChI=1S/C3H4O.CH4.2ClH/c1-2-3-4;;;/h1,4H,3H2;1H4;2*1H. The maximum Gasteiger partial charge on any atom is 0.103 e. The number of terminal acetylenes is 1. The Balaban J connectivity index is -0.0000000150. The van der Waals surface area contributed by atoms with Crippen molar-refractivity contribution in [2.45, 2.75) is 7.43 Å². The molecule has 1 nitrogen and oxygen atoms in total. The molecule has 0 aliphatic heterocycles. The van der Waals surface area contributed by atoms with Gasteiger partial charge < -0.3 is 5.11 Å². The fourth-order valence-corrected chi connectivity index (χ4v) is 0. The minimum absolute atomic E-state index is 0. The molecule has 0 heterocycles. The first-order valence-electron chi connectivity index (χ1n) is 0.958. The molecular weight excluding hydrogens is 135 g/mol. The predicted molar refractivity (Wildman–Crippen MR) is 37.1 cm³/mol. The quantitative estimate of drug-likeness (QED) is 0.506. The second-order valence-electron chi connectivity index (χ2n) is 0.362. The molecule has 0 saturated heterocycles. The van der Waals surface area contributed by atoms with Gasteiger partial charge in [0.2, 0.25) is 0 Å². The van der Waals surface area contributed by atoms with E-state index in [0.717, 1.165) is 0 Å². The van der Waals surface area contributed by atoms with Gasteiger partial charge in [-0.05, 0) is 0 Å². The van der Waals surface area contributed by atoms with Crippen molar-refractivity contribution in [2.24, 2.45) is 0 Å².